The van der Waals surface area contributed by atoms with Crippen molar-refractivity contribution in [1.29, 1.82) is 0 Å². The first kappa shape index (κ1) is 31.5. The molecule has 4 rings (SSSR count). The molecule has 0 radical (unpaired) electrons. The van der Waals surface area contributed by atoms with Crippen LogP contribution in [0.3, 0.4) is 0 Å². The Labute approximate surface area is 248 Å². The molecule has 4 aromatic rings. The van der Waals surface area contributed by atoms with Crippen molar-refractivity contribution in [3.8, 4) is 0 Å². The van der Waals surface area contributed by atoms with Gasteiger partial charge in [-0.1, -0.05) is 121 Å². The fraction of sp³-hybridized carbons (Fsp3) is 0.273. The molecule has 4 aromatic carbocycles. The number of hydrogen-bond acceptors (Lipinski definition) is 7. The lowest BCUT2D eigenvalue weighted by atomic mass is 10.1. The van der Waals surface area contributed by atoms with E-state index in [1.807, 2.05) is 121 Å². The van der Waals surface area contributed by atoms with E-state index in [0.29, 0.717) is 13.1 Å². The molecule has 2 N–H and O–H groups in total. The molecule has 0 aromatic heterocycles. The fourth-order valence-electron chi connectivity index (χ4n) is 4.42. The van der Waals surface area contributed by atoms with Crippen molar-refractivity contribution in [3.63, 3.8) is 0 Å². The SMILES string of the molecule is O=S(=O)(O)O[C@H](COCc1ccccc1)[C@@H](OCc1ccccc1)[C@@H](CNCc1ccccc1)OCc1ccccc1. The quantitative estimate of drug-likeness (QED) is 0.149. The highest BCUT2D eigenvalue weighted by Gasteiger charge is 2.35. The first-order valence-corrected chi connectivity index (χ1v) is 15.2. The van der Waals surface area contributed by atoms with Crippen molar-refractivity contribution in [2.45, 2.75) is 44.7 Å². The van der Waals surface area contributed by atoms with Crippen LogP contribution in [0.4, 0.5) is 0 Å². The van der Waals surface area contributed by atoms with E-state index in [0.717, 1.165) is 22.3 Å². The van der Waals surface area contributed by atoms with Gasteiger partial charge in [0, 0.05) is 13.1 Å². The van der Waals surface area contributed by atoms with Crippen LogP contribution in [0.1, 0.15) is 22.3 Å². The second-order valence-electron chi connectivity index (χ2n) is 9.78. The highest BCUT2D eigenvalue weighted by Crippen LogP contribution is 2.20. The van der Waals surface area contributed by atoms with Crippen LogP contribution in [0.5, 0.6) is 0 Å². The Morgan fingerprint density at radius 3 is 1.55 bits per heavy atom. The first-order chi connectivity index (χ1) is 20.5. The molecule has 3 atom stereocenters. The molecule has 0 heterocycles. The Morgan fingerprint density at radius 1 is 0.595 bits per heavy atom. The van der Waals surface area contributed by atoms with E-state index in [4.69, 9.17) is 18.4 Å². The molecular weight excluding hydrogens is 554 g/mol. The summed E-state index contributed by atoms with van der Waals surface area (Å²) in [5.41, 5.74) is 3.82. The third-order valence-electron chi connectivity index (χ3n) is 6.48. The minimum Gasteiger partial charge on any atom is -0.374 e. The van der Waals surface area contributed by atoms with Gasteiger partial charge in [0.1, 0.15) is 12.2 Å². The van der Waals surface area contributed by atoms with Crippen LogP contribution in [-0.2, 0) is 55.2 Å². The van der Waals surface area contributed by atoms with Gasteiger partial charge < -0.3 is 19.5 Å². The van der Waals surface area contributed by atoms with E-state index in [9.17, 15) is 13.0 Å². The van der Waals surface area contributed by atoms with Gasteiger partial charge in [0.25, 0.3) is 0 Å². The lowest BCUT2D eigenvalue weighted by Crippen LogP contribution is -2.49. The van der Waals surface area contributed by atoms with Gasteiger partial charge >= 0.3 is 10.4 Å². The van der Waals surface area contributed by atoms with E-state index < -0.39 is 28.7 Å². The topological polar surface area (TPSA) is 103 Å². The van der Waals surface area contributed by atoms with Gasteiger partial charge in [-0.05, 0) is 22.3 Å². The summed E-state index contributed by atoms with van der Waals surface area (Å²) in [7, 11) is -4.85. The maximum Gasteiger partial charge on any atom is 0.397 e. The normalized spacial score (nSPS) is 13.8. The largest absolute Gasteiger partial charge is 0.397 e. The molecule has 8 nitrogen and oxygen atoms in total. The van der Waals surface area contributed by atoms with Crippen molar-refractivity contribution in [3.05, 3.63) is 144 Å². The minimum absolute atomic E-state index is 0.166. The molecular formula is C33H37NO7S. The van der Waals surface area contributed by atoms with Crippen molar-refractivity contribution in [1.82, 2.24) is 5.32 Å². The predicted molar refractivity (Wildman–Crippen MR) is 161 cm³/mol. The van der Waals surface area contributed by atoms with Gasteiger partial charge in [-0.2, -0.15) is 8.42 Å². The zero-order valence-electron chi connectivity index (χ0n) is 23.3. The minimum atomic E-state index is -4.85. The lowest BCUT2D eigenvalue weighted by molar-refractivity contribution is -0.139. The maximum atomic E-state index is 12.0. The summed E-state index contributed by atoms with van der Waals surface area (Å²) in [5, 5.41) is 3.40. The van der Waals surface area contributed by atoms with Crippen LogP contribution in [0.2, 0.25) is 0 Å². The average Bonchev–Trinajstić information content (AvgIpc) is 3.01. The van der Waals surface area contributed by atoms with Crippen LogP contribution in [0.25, 0.3) is 0 Å². The second kappa shape index (κ2) is 16.9. The van der Waals surface area contributed by atoms with Crippen molar-refractivity contribution < 1.29 is 31.4 Å². The summed E-state index contributed by atoms with van der Waals surface area (Å²) in [6.45, 7) is 1.35. The summed E-state index contributed by atoms with van der Waals surface area (Å²) in [4.78, 5) is 0. The monoisotopic (exact) mass is 591 g/mol. The number of nitrogens with one attached hydrogen (secondary N) is 1. The number of benzene rings is 4. The van der Waals surface area contributed by atoms with Gasteiger partial charge in [0.15, 0.2) is 0 Å². The summed E-state index contributed by atoms with van der Waals surface area (Å²) >= 11 is 0. The Bertz CT molecular complexity index is 1390. The van der Waals surface area contributed by atoms with Crippen molar-refractivity contribution in [2.24, 2.45) is 0 Å². The standard InChI is InChI=1S/C33H37NO7S/c35-42(36,37)41-32(26-38-23-28-15-7-2-8-16-28)33(40-25-30-19-11-4-12-20-30)31(39-24-29-17-9-3-10-18-29)22-34-21-27-13-5-1-6-14-27/h1-20,31-34H,21-26H2,(H,35,36,37)/t31-,32-,33+/m1/s1. The smallest absolute Gasteiger partial charge is 0.374 e. The Hall–Kier alpha value is -3.41. The van der Waals surface area contributed by atoms with Crippen LogP contribution < -0.4 is 5.32 Å². The van der Waals surface area contributed by atoms with Crippen molar-refractivity contribution in [2.75, 3.05) is 13.2 Å². The number of ether oxygens (including phenoxy) is 3. The Balaban J connectivity index is 1.57. The molecule has 0 aliphatic rings. The summed E-state index contributed by atoms with van der Waals surface area (Å²) in [5.74, 6) is 0. The predicted octanol–water partition coefficient (Wildman–Crippen LogP) is 5.35. The van der Waals surface area contributed by atoms with E-state index in [1.54, 1.807) is 0 Å². The van der Waals surface area contributed by atoms with E-state index in [-0.39, 0.29) is 26.4 Å². The van der Waals surface area contributed by atoms with Gasteiger partial charge in [-0.25, -0.2) is 4.18 Å². The molecule has 0 aliphatic heterocycles. The average molecular weight is 592 g/mol. The van der Waals surface area contributed by atoms with Gasteiger partial charge in [-0.3, -0.25) is 4.55 Å². The number of hydrogen-bond donors (Lipinski definition) is 2. The van der Waals surface area contributed by atoms with E-state index in [1.165, 1.54) is 0 Å². The molecule has 42 heavy (non-hydrogen) atoms. The molecule has 9 heteroatoms. The Kier molecular flexibility index (Phi) is 12.7. The second-order valence-corrected chi connectivity index (χ2v) is 10.8. The van der Waals surface area contributed by atoms with Gasteiger partial charge in [-0.15, -0.1) is 0 Å². The highest BCUT2D eigenvalue weighted by molar-refractivity contribution is 7.80. The fourth-order valence-corrected chi connectivity index (χ4v) is 4.90. The molecule has 0 aliphatic carbocycles. The molecule has 0 fully saturated rings. The maximum absolute atomic E-state index is 12.0. The van der Waals surface area contributed by atoms with Crippen LogP contribution in [0.15, 0.2) is 121 Å². The molecule has 0 bridgehead atoms. The molecule has 0 saturated carbocycles. The van der Waals surface area contributed by atoms with Crippen LogP contribution in [-0.4, -0.2) is 44.4 Å². The van der Waals surface area contributed by atoms with Crippen LogP contribution in [0, 0.1) is 0 Å². The summed E-state index contributed by atoms with van der Waals surface area (Å²) in [6.07, 6.45) is -2.81. The first-order valence-electron chi connectivity index (χ1n) is 13.8. The molecule has 0 saturated heterocycles. The third kappa shape index (κ3) is 11.5. The van der Waals surface area contributed by atoms with E-state index >= 15 is 0 Å². The third-order valence-corrected chi connectivity index (χ3v) is 6.97. The molecule has 0 unspecified atom stereocenters. The lowest BCUT2D eigenvalue weighted by Gasteiger charge is -2.33. The van der Waals surface area contributed by atoms with E-state index in [2.05, 4.69) is 5.32 Å². The van der Waals surface area contributed by atoms with Gasteiger partial charge in [0.2, 0.25) is 0 Å². The van der Waals surface area contributed by atoms with Gasteiger partial charge in [0.05, 0.1) is 32.5 Å². The Morgan fingerprint density at radius 2 is 1.05 bits per heavy atom. The summed E-state index contributed by atoms with van der Waals surface area (Å²) in [6, 6.07) is 38.6. The number of rotatable bonds is 18. The summed E-state index contributed by atoms with van der Waals surface area (Å²) < 4.78 is 57.6. The zero-order chi connectivity index (χ0) is 29.5. The van der Waals surface area contributed by atoms with Crippen molar-refractivity contribution >= 4 is 10.4 Å². The van der Waals surface area contributed by atoms with Crippen LogP contribution >= 0.6 is 0 Å². The highest BCUT2D eigenvalue weighted by atomic mass is 32.3. The molecule has 222 valence electrons. The molecule has 0 spiro atoms. The molecule has 0 amide bonds. The zero-order valence-corrected chi connectivity index (χ0v) is 24.1.